The molecule has 0 spiro atoms. The van der Waals surface area contributed by atoms with Gasteiger partial charge in [0.25, 0.3) is 0 Å². The second-order valence-corrected chi connectivity index (χ2v) is 5.16. The molecule has 1 unspecified atom stereocenters. The quantitative estimate of drug-likeness (QED) is 0.833. The fraction of sp³-hybridized carbons (Fsp3) is 0.211. The number of hydrogen-bond donors (Lipinski definition) is 1. The molecule has 0 fully saturated rings. The Kier molecular flexibility index (Phi) is 5.78. The third-order valence-corrected chi connectivity index (χ3v) is 3.27. The number of carbonyl (C=O) groups excluding carboxylic acids is 1. The largest absolute Gasteiger partial charge is 0.497 e. The van der Waals surface area contributed by atoms with Crippen molar-refractivity contribution in [1.82, 2.24) is 0 Å². The van der Waals surface area contributed by atoms with Crippen LogP contribution in [0.1, 0.15) is 18.9 Å². The molecule has 0 saturated carbocycles. The maximum absolute atomic E-state index is 11.5. The average Bonchev–Trinajstić information content (AvgIpc) is 2.54. The number of nitrogens with one attached hydrogen (secondary N) is 1. The third kappa shape index (κ3) is 5.09. The number of anilines is 1. The van der Waals surface area contributed by atoms with E-state index in [4.69, 9.17) is 4.74 Å². The number of benzene rings is 2. The van der Waals surface area contributed by atoms with E-state index in [1.165, 1.54) is 0 Å². The van der Waals surface area contributed by atoms with Crippen molar-refractivity contribution in [3.8, 4) is 5.75 Å². The summed E-state index contributed by atoms with van der Waals surface area (Å²) in [6.45, 7) is 1.61. The van der Waals surface area contributed by atoms with E-state index < -0.39 is 0 Å². The van der Waals surface area contributed by atoms with Crippen LogP contribution in [0.4, 0.5) is 5.69 Å². The lowest BCUT2D eigenvalue weighted by Gasteiger charge is -2.15. The summed E-state index contributed by atoms with van der Waals surface area (Å²) < 4.78 is 5.15. The summed E-state index contributed by atoms with van der Waals surface area (Å²) in [4.78, 5) is 11.5. The predicted octanol–water partition coefficient (Wildman–Crippen LogP) is 4.17. The van der Waals surface area contributed by atoms with Crippen molar-refractivity contribution in [2.45, 2.75) is 19.4 Å². The molecule has 3 heteroatoms. The first kappa shape index (κ1) is 15.8. The van der Waals surface area contributed by atoms with Crippen molar-refractivity contribution in [3.05, 3.63) is 66.2 Å². The molecule has 0 aliphatic carbocycles. The van der Waals surface area contributed by atoms with Crippen LogP contribution < -0.4 is 10.1 Å². The first-order valence-corrected chi connectivity index (χ1v) is 7.30. The van der Waals surface area contributed by atoms with Gasteiger partial charge in [0.1, 0.15) is 11.5 Å². The van der Waals surface area contributed by atoms with Gasteiger partial charge < -0.3 is 10.1 Å². The van der Waals surface area contributed by atoms with E-state index in [1.54, 1.807) is 14.0 Å². The zero-order chi connectivity index (χ0) is 15.8. The molecule has 114 valence electrons. The molecule has 0 heterocycles. The van der Waals surface area contributed by atoms with Gasteiger partial charge in [-0.25, -0.2) is 0 Å². The molecule has 0 aromatic heterocycles. The average molecular weight is 295 g/mol. The Bertz CT molecular complexity index is 618. The number of methoxy groups -OCH3 is 1. The first-order chi connectivity index (χ1) is 10.7. The van der Waals surface area contributed by atoms with Crippen molar-refractivity contribution in [3.63, 3.8) is 0 Å². The van der Waals surface area contributed by atoms with Crippen LogP contribution >= 0.6 is 0 Å². The number of ether oxygens (including phenoxy) is 1. The highest BCUT2D eigenvalue weighted by Crippen LogP contribution is 2.17. The van der Waals surface area contributed by atoms with E-state index in [-0.39, 0.29) is 11.8 Å². The molecule has 2 aromatic rings. The van der Waals surface area contributed by atoms with Crippen LogP contribution in [0.25, 0.3) is 6.08 Å². The number of hydrogen-bond acceptors (Lipinski definition) is 3. The molecule has 2 rings (SSSR count). The van der Waals surface area contributed by atoms with Crippen molar-refractivity contribution in [2.75, 3.05) is 12.4 Å². The molecule has 22 heavy (non-hydrogen) atoms. The van der Waals surface area contributed by atoms with Gasteiger partial charge in [-0.3, -0.25) is 4.79 Å². The second-order valence-electron chi connectivity index (χ2n) is 5.16. The van der Waals surface area contributed by atoms with Crippen LogP contribution in [0.5, 0.6) is 5.75 Å². The molecule has 0 aliphatic heterocycles. The normalized spacial score (nSPS) is 12.1. The molecular weight excluding hydrogens is 274 g/mol. The van der Waals surface area contributed by atoms with Crippen LogP contribution in [-0.2, 0) is 4.79 Å². The topological polar surface area (TPSA) is 38.3 Å². The van der Waals surface area contributed by atoms with Crippen molar-refractivity contribution >= 4 is 17.5 Å². The Balaban J connectivity index is 2.08. The van der Waals surface area contributed by atoms with Gasteiger partial charge in [-0.1, -0.05) is 42.5 Å². The Morgan fingerprint density at radius 1 is 1.14 bits per heavy atom. The van der Waals surface area contributed by atoms with Gasteiger partial charge in [0, 0.05) is 12.1 Å². The predicted molar refractivity (Wildman–Crippen MR) is 91.2 cm³/mol. The lowest BCUT2D eigenvalue weighted by Crippen LogP contribution is -2.19. The molecule has 0 radical (unpaired) electrons. The number of rotatable bonds is 7. The van der Waals surface area contributed by atoms with E-state index in [0.717, 1.165) is 17.0 Å². The van der Waals surface area contributed by atoms with Gasteiger partial charge in [-0.05, 0) is 36.8 Å². The second kappa shape index (κ2) is 8.03. The Morgan fingerprint density at radius 3 is 2.41 bits per heavy atom. The highest BCUT2D eigenvalue weighted by Gasteiger charge is 2.08. The maximum Gasteiger partial charge on any atom is 0.132 e. The highest BCUT2D eigenvalue weighted by molar-refractivity contribution is 5.77. The number of ketones is 1. The lowest BCUT2D eigenvalue weighted by atomic mass is 10.1. The SMILES string of the molecule is COc1ccc(NC(C=Cc2ccccc2)CC(C)=O)cc1. The third-order valence-electron chi connectivity index (χ3n) is 3.27. The van der Waals surface area contributed by atoms with Crippen molar-refractivity contribution in [2.24, 2.45) is 0 Å². The molecule has 0 bridgehead atoms. The Hall–Kier alpha value is -2.55. The minimum Gasteiger partial charge on any atom is -0.497 e. The van der Waals surface area contributed by atoms with E-state index in [0.29, 0.717) is 6.42 Å². The Labute approximate surface area is 131 Å². The molecule has 3 nitrogen and oxygen atoms in total. The monoisotopic (exact) mass is 295 g/mol. The van der Waals surface area contributed by atoms with Gasteiger partial charge in [0.05, 0.1) is 13.2 Å². The fourth-order valence-electron chi connectivity index (χ4n) is 2.17. The fourth-order valence-corrected chi connectivity index (χ4v) is 2.17. The zero-order valence-corrected chi connectivity index (χ0v) is 13.0. The summed E-state index contributed by atoms with van der Waals surface area (Å²) in [6, 6.07) is 17.7. The minimum absolute atomic E-state index is 0.0360. The summed E-state index contributed by atoms with van der Waals surface area (Å²) in [7, 11) is 1.64. The van der Waals surface area contributed by atoms with Gasteiger partial charge in [0.2, 0.25) is 0 Å². The van der Waals surface area contributed by atoms with Gasteiger partial charge in [-0.2, -0.15) is 0 Å². The molecular formula is C19H21NO2. The van der Waals surface area contributed by atoms with Gasteiger partial charge >= 0.3 is 0 Å². The molecule has 0 aliphatic rings. The summed E-state index contributed by atoms with van der Waals surface area (Å²) in [5.74, 6) is 0.970. The van der Waals surface area contributed by atoms with Crippen molar-refractivity contribution in [1.29, 1.82) is 0 Å². The van der Waals surface area contributed by atoms with Crippen molar-refractivity contribution < 1.29 is 9.53 Å². The lowest BCUT2D eigenvalue weighted by molar-refractivity contribution is -0.117. The van der Waals surface area contributed by atoms with E-state index in [9.17, 15) is 4.79 Å². The van der Waals surface area contributed by atoms with E-state index in [1.807, 2.05) is 66.7 Å². The summed E-state index contributed by atoms with van der Waals surface area (Å²) >= 11 is 0. The minimum atomic E-state index is -0.0360. The zero-order valence-electron chi connectivity index (χ0n) is 13.0. The molecule has 2 aromatic carbocycles. The van der Waals surface area contributed by atoms with Crippen LogP contribution in [0.2, 0.25) is 0 Å². The van der Waals surface area contributed by atoms with Crippen LogP contribution in [0, 0.1) is 0 Å². The summed E-state index contributed by atoms with van der Waals surface area (Å²) in [5, 5.41) is 3.37. The smallest absolute Gasteiger partial charge is 0.132 e. The first-order valence-electron chi connectivity index (χ1n) is 7.30. The van der Waals surface area contributed by atoms with Gasteiger partial charge in [-0.15, -0.1) is 0 Å². The molecule has 1 N–H and O–H groups in total. The highest BCUT2D eigenvalue weighted by atomic mass is 16.5. The van der Waals surface area contributed by atoms with Crippen LogP contribution in [0.15, 0.2) is 60.7 Å². The molecule has 0 amide bonds. The Morgan fingerprint density at radius 2 is 1.82 bits per heavy atom. The standard InChI is InChI=1S/C19H21NO2/c1-15(21)14-18(9-8-16-6-4-3-5-7-16)20-17-10-12-19(22-2)13-11-17/h3-13,18,20H,14H2,1-2H3. The van der Waals surface area contributed by atoms with Gasteiger partial charge in [0.15, 0.2) is 0 Å². The van der Waals surface area contributed by atoms with Crippen LogP contribution in [0.3, 0.4) is 0 Å². The van der Waals surface area contributed by atoms with E-state index in [2.05, 4.69) is 5.32 Å². The summed E-state index contributed by atoms with van der Waals surface area (Å²) in [6.07, 6.45) is 4.51. The van der Waals surface area contributed by atoms with Crippen LogP contribution in [-0.4, -0.2) is 18.9 Å². The molecule has 1 atom stereocenters. The number of Topliss-reactive ketones (excluding diaryl/α,β-unsaturated/α-hetero) is 1. The number of carbonyl (C=O) groups is 1. The summed E-state index contributed by atoms with van der Waals surface area (Å²) in [5.41, 5.74) is 2.08. The molecule has 0 saturated heterocycles. The van der Waals surface area contributed by atoms with E-state index >= 15 is 0 Å². The maximum atomic E-state index is 11.5.